The predicted octanol–water partition coefficient (Wildman–Crippen LogP) is 5.88. The highest BCUT2D eigenvalue weighted by Gasteiger charge is 2.19. The maximum Gasteiger partial charge on any atom is 0.293 e. The van der Waals surface area contributed by atoms with Crippen LogP contribution in [0, 0.1) is 0 Å². The van der Waals surface area contributed by atoms with E-state index in [0.29, 0.717) is 11.3 Å². The minimum absolute atomic E-state index is 0.0144. The number of piperazine rings is 1. The van der Waals surface area contributed by atoms with Gasteiger partial charge < -0.3 is 19.7 Å². The van der Waals surface area contributed by atoms with Gasteiger partial charge in [0.05, 0.1) is 11.2 Å². The van der Waals surface area contributed by atoms with Crippen LogP contribution in [0.4, 0.5) is 17.2 Å². The maximum absolute atomic E-state index is 13.5. The zero-order chi connectivity index (χ0) is 30.3. The molecule has 0 amide bonds. The number of aryl methyl sites for hydroxylation is 1. The first kappa shape index (κ1) is 28.4. The molecule has 220 valence electrons. The molecule has 1 aliphatic rings. The van der Waals surface area contributed by atoms with Crippen molar-refractivity contribution in [3.8, 4) is 11.3 Å². The van der Waals surface area contributed by atoms with Gasteiger partial charge in [0.1, 0.15) is 0 Å². The number of carbonyl (C=O) groups is 1. The molecular weight excluding hydrogens is 536 g/mol. The van der Waals surface area contributed by atoms with Gasteiger partial charge in [-0.2, -0.15) is 0 Å². The Balaban J connectivity index is 1.31. The minimum Gasteiger partial charge on any atom is -0.369 e. The largest absolute Gasteiger partial charge is 0.369 e. The highest BCUT2D eigenvalue weighted by Crippen LogP contribution is 2.30. The lowest BCUT2D eigenvalue weighted by Gasteiger charge is -2.34. The summed E-state index contributed by atoms with van der Waals surface area (Å²) in [6, 6.07) is 23.7. The number of anilines is 3. The Bertz CT molecular complexity index is 1850. The lowest BCUT2D eigenvalue weighted by atomic mass is 9.87. The van der Waals surface area contributed by atoms with Gasteiger partial charge in [0.15, 0.2) is 5.82 Å². The Labute approximate surface area is 252 Å². The van der Waals surface area contributed by atoms with Crippen molar-refractivity contribution in [1.82, 2.24) is 19.0 Å². The third-order valence-electron chi connectivity index (χ3n) is 8.27. The van der Waals surface area contributed by atoms with Crippen molar-refractivity contribution in [1.29, 1.82) is 0 Å². The van der Waals surface area contributed by atoms with Crippen LogP contribution in [0.1, 0.15) is 36.7 Å². The monoisotopic (exact) mass is 574 g/mol. The second-order valence-corrected chi connectivity index (χ2v) is 12.4. The molecule has 0 spiro atoms. The Morgan fingerprint density at radius 3 is 2.33 bits per heavy atom. The number of aromatic nitrogens is 3. The van der Waals surface area contributed by atoms with E-state index in [-0.39, 0.29) is 22.7 Å². The summed E-state index contributed by atoms with van der Waals surface area (Å²) in [5.74, 6) is 0.158. The first-order chi connectivity index (χ1) is 20.6. The second-order valence-electron chi connectivity index (χ2n) is 12.4. The van der Waals surface area contributed by atoms with Gasteiger partial charge in [0.25, 0.3) is 11.5 Å². The highest BCUT2D eigenvalue weighted by atomic mass is 16.2. The predicted molar refractivity (Wildman–Crippen MR) is 175 cm³/mol. The molecule has 0 atom stereocenters. The summed E-state index contributed by atoms with van der Waals surface area (Å²) < 4.78 is 3.22. The molecule has 1 saturated heterocycles. The van der Waals surface area contributed by atoms with Crippen molar-refractivity contribution in [2.75, 3.05) is 43.4 Å². The molecule has 3 heterocycles. The van der Waals surface area contributed by atoms with Crippen LogP contribution in [0.2, 0.25) is 0 Å². The van der Waals surface area contributed by atoms with Gasteiger partial charge in [0.2, 0.25) is 0 Å². The van der Waals surface area contributed by atoms with Crippen LogP contribution in [-0.4, -0.2) is 58.2 Å². The Kier molecular flexibility index (Phi) is 7.40. The maximum atomic E-state index is 13.5. The van der Waals surface area contributed by atoms with E-state index in [1.54, 1.807) is 28.6 Å². The lowest BCUT2D eigenvalue weighted by molar-refractivity contribution is 0.0965. The van der Waals surface area contributed by atoms with E-state index in [2.05, 4.69) is 55.1 Å². The molecule has 1 aliphatic heterocycles. The topological polar surface area (TPSA) is 75.4 Å². The quantitative estimate of drug-likeness (QED) is 0.283. The summed E-state index contributed by atoms with van der Waals surface area (Å²) in [5, 5.41) is 4.16. The summed E-state index contributed by atoms with van der Waals surface area (Å²) in [6.45, 7) is 10.4. The fourth-order valence-corrected chi connectivity index (χ4v) is 5.62. The van der Waals surface area contributed by atoms with Crippen molar-refractivity contribution in [2.45, 2.75) is 26.2 Å². The fraction of sp³-hybridized carbons (Fsp3) is 0.286. The molecular formula is C35H38N6O2. The zero-order valence-electron chi connectivity index (χ0n) is 25.5. The lowest BCUT2D eigenvalue weighted by Crippen LogP contribution is -2.44. The molecule has 8 heteroatoms. The van der Waals surface area contributed by atoms with Gasteiger partial charge >= 0.3 is 0 Å². The number of likely N-dealkylation sites (N-methyl/N-ethyl adjacent to an activating group) is 1. The van der Waals surface area contributed by atoms with E-state index < -0.39 is 0 Å². The molecule has 6 rings (SSSR count). The molecule has 0 bridgehead atoms. The Morgan fingerprint density at radius 1 is 0.884 bits per heavy atom. The van der Waals surface area contributed by atoms with E-state index in [1.165, 1.54) is 5.56 Å². The molecule has 2 aromatic heterocycles. The van der Waals surface area contributed by atoms with Crippen LogP contribution >= 0.6 is 0 Å². The number of nitrogens with zero attached hydrogens (tertiary/aromatic N) is 5. The van der Waals surface area contributed by atoms with Crippen LogP contribution in [0.15, 0.2) is 90.0 Å². The summed E-state index contributed by atoms with van der Waals surface area (Å²) in [7, 11) is 3.87. The zero-order valence-corrected chi connectivity index (χ0v) is 25.5. The fourth-order valence-electron chi connectivity index (χ4n) is 5.62. The first-order valence-corrected chi connectivity index (χ1v) is 14.7. The van der Waals surface area contributed by atoms with Gasteiger partial charge in [-0.3, -0.25) is 14.2 Å². The van der Waals surface area contributed by atoms with E-state index >= 15 is 0 Å². The molecule has 0 radical (unpaired) electrons. The molecule has 43 heavy (non-hydrogen) atoms. The van der Waals surface area contributed by atoms with Crippen LogP contribution in [0.3, 0.4) is 0 Å². The summed E-state index contributed by atoms with van der Waals surface area (Å²) >= 11 is 0. The van der Waals surface area contributed by atoms with Gasteiger partial charge in [-0.1, -0.05) is 51.1 Å². The van der Waals surface area contributed by atoms with Crippen molar-refractivity contribution in [3.63, 3.8) is 0 Å². The molecule has 0 aliphatic carbocycles. The number of benzene rings is 3. The number of rotatable bonds is 5. The highest BCUT2D eigenvalue weighted by molar-refractivity contribution is 6.05. The Morgan fingerprint density at radius 2 is 1.60 bits per heavy atom. The van der Waals surface area contributed by atoms with Crippen LogP contribution < -0.4 is 15.8 Å². The summed E-state index contributed by atoms with van der Waals surface area (Å²) in [5.41, 5.74) is 5.81. The summed E-state index contributed by atoms with van der Waals surface area (Å²) in [4.78, 5) is 36.2. The molecule has 1 N–H and O–H groups in total. The average molecular weight is 575 g/mol. The third-order valence-corrected chi connectivity index (χ3v) is 8.27. The molecule has 1 fully saturated rings. The molecule has 3 aromatic carbocycles. The van der Waals surface area contributed by atoms with Gasteiger partial charge in [0, 0.05) is 73.5 Å². The minimum atomic E-state index is -0.215. The second kappa shape index (κ2) is 11.2. The smallest absolute Gasteiger partial charge is 0.293 e. The first-order valence-electron chi connectivity index (χ1n) is 14.7. The van der Waals surface area contributed by atoms with Crippen molar-refractivity contribution in [2.24, 2.45) is 7.05 Å². The van der Waals surface area contributed by atoms with Gasteiger partial charge in [-0.25, -0.2) is 4.98 Å². The number of carbonyl (C=O) groups excluding carboxylic acids is 1. The van der Waals surface area contributed by atoms with Crippen LogP contribution in [0.5, 0.6) is 0 Å². The Hall–Kier alpha value is -4.69. The van der Waals surface area contributed by atoms with E-state index in [9.17, 15) is 9.59 Å². The van der Waals surface area contributed by atoms with E-state index in [4.69, 9.17) is 4.98 Å². The number of nitrogens with one attached hydrogen (secondary N) is 1. The van der Waals surface area contributed by atoms with Gasteiger partial charge in [-0.05, 0) is 60.5 Å². The van der Waals surface area contributed by atoms with Crippen molar-refractivity contribution in [3.05, 3.63) is 107 Å². The van der Waals surface area contributed by atoms with Crippen LogP contribution in [0.25, 0.3) is 22.2 Å². The van der Waals surface area contributed by atoms with Crippen LogP contribution in [-0.2, 0) is 12.5 Å². The average Bonchev–Trinajstić information content (AvgIpc) is 3.43. The normalized spacial score (nSPS) is 14.3. The standard InChI is InChI=1S/C35H38N6O2/c1-35(2,3)25-14-12-24(13-15-25)33(42)41-17-16-29-28(10-7-11-31(29)41)30-23-39(5)34(43)32(37-30)36-26-8-6-9-27(22-26)40-20-18-38(4)19-21-40/h6-17,22-23H,18-21H2,1-5H3,(H,36,37). The molecule has 8 nitrogen and oxygen atoms in total. The number of hydrogen-bond acceptors (Lipinski definition) is 6. The molecule has 0 saturated carbocycles. The number of fused-ring (bicyclic) bond motifs is 1. The number of hydrogen-bond donors (Lipinski definition) is 1. The summed E-state index contributed by atoms with van der Waals surface area (Å²) in [6.07, 6.45) is 3.55. The van der Waals surface area contributed by atoms with E-state index in [1.807, 2.05) is 60.7 Å². The molecule has 5 aromatic rings. The van der Waals surface area contributed by atoms with Crippen molar-refractivity contribution >= 4 is 34.0 Å². The molecule has 0 unspecified atom stereocenters. The third kappa shape index (κ3) is 5.70. The van der Waals surface area contributed by atoms with E-state index in [0.717, 1.165) is 54.0 Å². The SMILES string of the molecule is CN1CCN(c2cccc(Nc3nc(-c4cccc5c4ccn5C(=O)c4ccc(C(C)(C)C)cc4)cn(C)c3=O)c2)CC1. The van der Waals surface area contributed by atoms with Gasteiger partial charge in [-0.15, -0.1) is 0 Å². The van der Waals surface area contributed by atoms with Crippen molar-refractivity contribution < 1.29 is 4.79 Å².